The van der Waals surface area contributed by atoms with Crippen LogP contribution in [0.3, 0.4) is 0 Å². The maximum Gasteiger partial charge on any atom is 0.223 e. The highest BCUT2D eigenvalue weighted by molar-refractivity contribution is 5.76. The lowest BCUT2D eigenvalue weighted by Crippen LogP contribution is -2.45. The molecule has 1 heterocycles. The summed E-state index contributed by atoms with van der Waals surface area (Å²) in [6.07, 6.45) is 4.64. The van der Waals surface area contributed by atoms with Gasteiger partial charge in [0, 0.05) is 19.0 Å². The Morgan fingerprint density at radius 1 is 1.29 bits per heavy atom. The maximum absolute atomic E-state index is 12.7. The Labute approximate surface area is 144 Å². The molecule has 2 aliphatic rings. The maximum atomic E-state index is 12.7. The van der Waals surface area contributed by atoms with Crippen molar-refractivity contribution in [3.8, 4) is 11.5 Å². The number of ether oxygens (including phenoxy) is 2. The number of amides is 1. The van der Waals surface area contributed by atoms with Crippen molar-refractivity contribution in [2.75, 3.05) is 19.7 Å². The molecule has 2 N–H and O–H groups in total. The lowest BCUT2D eigenvalue weighted by molar-refractivity contribution is -0.134. The second-order valence-corrected chi connectivity index (χ2v) is 6.90. The van der Waals surface area contributed by atoms with Crippen LogP contribution in [0, 0.1) is 5.92 Å². The molecule has 3 rings (SSSR count). The fraction of sp³-hybridized carbons (Fsp3) is 0.632. The molecule has 0 aromatic heterocycles. The van der Waals surface area contributed by atoms with Crippen LogP contribution in [0.5, 0.6) is 11.5 Å². The molecule has 5 nitrogen and oxygen atoms in total. The second kappa shape index (κ2) is 7.88. The van der Waals surface area contributed by atoms with E-state index in [0.29, 0.717) is 25.5 Å². The largest absolute Gasteiger partial charge is 0.486 e. The number of nitrogens with two attached hydrogens (primary N) is 1. The third-order valence-electron chi connectivity index (χ3n) is 4.99. The monoisotopic (exact) mass is 332 g/mol. The normalized spacial score (nSPS) is 25.5. The van der Waals surface area contributed by atoms with Crippen molar-refractivity contribution < 1.29 is 14.3 Å². The fourth-order valence-electron chi connectivity index (χ4n) is 3.66. The molecule has 1 aromatic carbocycles. The van der Waals surface area contributed by atoms with Gasteiger partial charge in [-0.2, -0.15) is 0 Å². The standard InChI is InChI=1S/C19H28N2O3/c1-2-10-21(19(22)11-14-6-5-7-16(14)20)12-15-13-23-17-8-3-4-9-18(17)24-15/h3-4,8-9,14-16H,2,5-7,10-13,20H2,1H3/t14-,15?,16+/m0/s1. The summed E-state index contributed by atoms with van der Waals surface area (Å²) in [5, 5.41) is 0. The molecule has 1 amide bonds. The van der Waals surface area contributed by atoms with Crippen molar-refractivity contribution in [2.45, 2.75) is 51.2 Å². The van der Waals surface area contributed by atoms with Crippen LogP contribution in [0.15, 0.2) is 24.3 Å². The van der Waals surface area contributed by atoms with Gasteiger partial charge in [0.25, 0.3) is 0 Å². The smallest absolute Gasteiger partial charge is 0.223 e. The quantitative estimate of drug-likeness (QED) is 0.869. The molecule has 0 saturated heterocycles. The van der Waals surface area contributed by atoms with Gasteiger partial charge in [-0.3, -0.25) is 4.79 Å². The molecular weight excluding hydrogens is 304 g/mol. The molecule has 1 saturated carbocycles. The molecule has 0 spiro atoms. The van der Waals surface area contributed by atoms with E-state index in [4.69, 9.17) is 15.2 Å². The van der Waals surface area contributed by atoms with Gasteiger partial charge in [0.2, 0.25) is 5.91 Å². The van der Waals surface area contributed by atoms with Gasteiger partial charge in [-0.25, -0.2) is 0 Å². The van der Waals surface area contributed by atoms with Crippen molar-refractivity contribution in [3.05, 3.63) is 24.3 Å². The van der Waals surface area contributed by atoms with Crippen LogP contribution in [0.2, 0.25) is 0 Å². The first-order valence-electron chi connectivity index (χ1n) is 9.09. The first kappa shape index (κ1) is 17.1. The summed E-state index contributed by atoms with van der Waals surface area (Å²) in [5.41, 5.74) is 6.12. The molecule has 0 bridgehead atoms. The van der Waals surface area contributed by atoms with Crippen molar-refractivity contribution in [1.29, 1.82) is 0 Å². The van der Waals surface area contributed by atoms with Crippen LogP contribution >= 0.6 is 0 Å². The predicted octanol–water partition coefficient (Wildman–Crippen LogP) is 2.58. The van der Waals surface area contributed by atoms with Gasteiger partial charge in [-0.15, -0.1) is 0 Å². The van der Waals surface area contributed by atoms with Gasteiger partial charge < -0.3 is 20.1 Å². The van der Waals surface area contributed by atoms with E-state index >= 15 is 0 Å². The average Bonchev–Trinajstić information content (AvgIpc) is 2.99. The minimum Gasteiger partial charge on any atom is -0.486 e. The summed E-state index contributed by atoms with van der Waals surface area (Å²) in [6.45, 7) is 3.90. The van der Waals surface area contributed by atoms with Crippen LogP contribution in [-0.4, -0.2) is 42.6 Å². The Hall–Kier alpha value is -1.75. The lowest BCUT2D eigenvalue weighted by Gasteiger charge is -2.32. The highest BCUT2D eigenvalue weighted by atomic mass is 16.6. The first-order valence-corrected chi connectivity index (χ1v) is 9.09. The molecule has 1 fully saturated rings. The summed E-state index contributed by atoms with van der Waals surface area (Å²) in [5.74, 6) is 2.07. The van der Waals surface area contributed by atoms with E-state index in [1.54, 1.807) is 0 Å². The van der Waals surface area contributed by atoms with E-state index in [-0.39, 0.29) is 18.1 Å². The van der Waals surface area contributed by atoms with Gasteiger partial charge in [-0.05, 0) is 37.3 Å². The molecule has 1 unspecified atom stereocenters. The molecule has 132 valence electrons. The fourth-order valence-corrected chi connectivity index (χ4v) is 3.66. The number of fused-ring (bicyclic) bond motifs is 1. The number of hydrogen-bond donors (Lipinski definition) is 1. The first-order chi connectivity index (χ1) is 11.7. The number of nitrogens with zero attached hydrogens (tertiary/aromatic N) is 1. The average molecular weight is 332 g/mol. The van der Waals surface area contributed by atoms with Crippen LogP contribution in [-0.2, 0) is 4.79 Å². The molecular formula is C19H28N2O3. The van der Waals surface area contributed by atoms with Crippen LogP contribution in [0.1, 0.15) is 39.0 Å². The topological polar surface area (TPSA) is 64.8 Å². The number of benzene rings is 1. The zero-order valence-corrected chi connectivity index (χ0v) is 14.4. The van der Waals surface area contributed by atoms with E-state index < -0.39 is 0 Å². The summed E-state index contributed by atoms with van der Waals surface area (Å²) in [6, 6.07) is 7.85. The number of carbonyl (C=O) groups excluding carboxylic acids is 1. The zero-order chi connectivity index (χ0) is 16.9. The third kappa shape index (κ3) is 4.01. The number of para-hydroxylation sites is 2. The van der Waals surface area contributed by atoms with E-state index in [0.717, 1.165) is 43.7 Å². The molecule has 0 radical (unpaired) electrons. The molecule has 1 aliphatic heterocycles. The third-order valence-corrected chi connectivity index (χ3v) is 4.99. The Balaban J connectivity index is 1.58. The van der Waals surface area contributed by atoms with Crippen LogP contribution in [0.25, 0.3) is 0 Å². The van der Waals surface area contributed by atoms with Crippen molar-refractivity contribution in [3.63, 3.8) is 0 Å². The Bertz CT molecular complexity index is 563. The highest BCUT2D eigenvalue weighted by Gasteiger charge is 2.30. The summed E-state index contributed by atoms with van der Waals surface area (Å²) < 4.78 is 11.8. The zero-order valence-electron chi connectivity index (χ0n) is 14.4. The molecule has 1 aromatic rings. The van der Waals surface area contributed by atoms with E-state index in [2.05, 4.69) is 6.92 Å². The second-order valence-electron chi connectivity index (χ2n) is 6.90. The summed E-state index contributed by atoms with van der Waals surface area (Å²) in [7, 11) is 0. The van der Waals surface area contributed by atoms with Gasteiger partial charge in [0.05, 0.1) is 6.54 Å². The van der Waals surface area contributed by atoms with Gasteiger partial charge in [0.15, 0.2) is 17.6 Å². The highest BCUT2D eigenvalue weighted by Crippen LogP contribution is 2.31. The van der Waals surface area contributed by atoms with Gasteiger partial charge in [0.1, 0.15) is 6.61 Å². The van der Waals surface area contributed by atoms with E-state index in [1.807, 2.05) is 29.2 Å². The van der Waals surface area contributed by atoms with E-state index in [9.17, 15) is 4.79 Å². The van der Waals surface area contributed by atoms with Gasteiger partial charge in [-0.1, -0.05) is 25.5 Å². The molecule has 24 heavy (non-hydrogen) atoms. The van der Waals surface area contributed by atoms with E-state index in [1.165, 1.54) is 0 Å². The Morgan fingerprint density at radius 3 is 2.79 bits per heavy atom. The lowest BCUT2D eigenvalue weighted by atomic mass is 9.99. The summed E-state index contributed by atoms with van der Waals surface area (Å²) >= 11 is 0. The SMILES string of the molecule is CCCN(CC1COc2ccccc2O1)C(=O)C[C@@H]1CCC[C@H]1N. The number of rotatable bonds is 6. The van der Waals surface area contributed by atoms with Crippen molar-refractivity contribution >= 4 is 5.91 Å². The Morgan fingerprint density at radius 2 is 2.08 bits per heavy atom. The van der Waals surface area contributed by atoms with Gasteiger partial charge >= 0.3 is 0 Å². The summed E-state index contributed by atoms with van der Waals surface area (Å²) in [4.78, 5) is 14.7. The van der Waals surface area contributed by atoms with Crippen LogP contribution in [0.4, 0.5) is 0 Å². The predicted molar refractivity (Wildman–Crippen MR) is 93.2 cm³/mol. The number of carbonyl (C=O) groups is 1. The minimum absolute atomic E-state index is 0.118. The number of hydrogen-bond acceptors (Lipinski definition) is 4. The molecule has 3 atom stereocenters. The molecule has 1 aliphatic carbocycles. The van der Waals surface area contributed by atoms with Crippen LogP contribution < -0.4 is 15.2 Å². The molecule has 5 heteroatoms. The Kier molecular flexibility index (Phi) is 5.61. The van der Waals surface area contributed by atoms with Crippen molar-refractivity contribution in [2.24, 2.45) is 11.7 Å². The van der Waals surface area contributed by atoms with Crippen molar-refractivity contribution in [1.82, 2.24) is 4.90 Å². The minimum atomic E-state index is -0.118.